The van der Waals surface area contributed by atoms with Crippen LogP contribution in [0.3, 0.4) is 0 Å². The van der Waals surface area contributed by atoms with Gasteiger partial charge in [0, 0.05) is 6.20 Å². The molecule has 72 valence electrons. The van der Waals surface area contributed by atoms with Gasteiger partial charge in [-0.2, -0.15) is 0 Å². The number of carbonyl (C=O) groups excluding carboxylic acids is 1. The van der Waals surface area contributed by atoms with E-state index in [2.05, 4.69) is 15.9 Å². The standard InChI is InChI=1S/C10H8BrNO2/c11-10(14-7-13)12-6-5-8-3-1-2-4-9(8)12/h1-7,10H. The Kier molecular flexibility index (Phi) is 2.54. The molecular formula is C10H8BrNO2. The summed E-state index contributed by atoms with van der Waals surface area (Å²) < 4.78 is 6.63. The van der Waals surface area contributed by atoms with Crippen LogP contribution in [0.4, 0.5) is 0 Å². The second kappa shape index (κ2) is 3.84. The van der Waals surface area contributed by atoms with Gasteiger partial charge in [-0.1, -0.05) is 18.2 Å². The van der Waals surface area contributed by atoms with Crippen LogP contribution < -0.4 is 0 Å². The van der Waals surface area contributed by atoms with Crippen molar-refractivity contribution in [3.05, 3.63) is 36.5 Å². The minimum absolute atomic E-state index is 0.425. The van der Waals surface area contributed by atoms with Crippen molar-refractivity contribution in [2.24, 2.45) is 0 Å². The zero-order valence-electron chi connectivity index (χ0n) is 7.26. The molecule has 0 radical (unpaired) electrons. The number of aromatic nitrogens is 1. The topological polar surface area (TPSA) is 31.2 Å². The van der Waals surface area contributed by atoms with Gasteiger partial charge in [0.25, 0.3) is 6.47 Å². The van der Waals surface area contributed by atoms with E-state index in [-0.39, 0.29) is 0 Å². The zero-order chi connectivity index (χ0) is 9.97. The van der Waals surface area contributed by atoms with Gasteiger partial charge in [-0.3, -0.25) is 4.79 Å². The molecule has 1 aromatic carbocycles. The SMILES string of the molecule is O=COC(Br)n1ccc2ccccc21. The molecule has 1 atom stereocenters. The Morgan fingerprint density at radius 2 is 2.14 bits per heavy atom. The zero-order valence-corrected chi connectivity index (χ0v) is 8.85. The lowest BCUT2D eigenvalue weighted by molar-refractivity contribution is -0.132. The molecule has 0 N–H and O–H groups in total. The lowest BCUT2D eigenvalue weighted by atomic mass is 10.2. The van der Waals surface area contributed by atoms with Gasteiger partial charge in [-0.15, -0.1) is 0 Å². The number of fused-ring (bicyclic) bond motifs is 1. The van der Waals surface area contributed by atoms with Crippen LogP contribution in [0.1, 0.15) is 5.14 Å². The first kappa shape index (κ1) is 9.27. The number of carbonyl (C=O) groups is 1. The van der Waals surface area contributed by atoms with Crippen molar-refractivity contribution in [1.82, 2.24) is 4.57 Å². The van der Waals surface area contributed by atoms with E-state index in [1.54, 1.807) is 0 Å². The Morgan fingerprint density at radius 1 is 1.36 bits per heavy atom. The largest absolute Gasteiger partial charge is 0.433 e. The second-order valence-corrected chi connectivity index (χ2v) is 3.59. The van der Waals surface area contributed by atoms with E-state index in [9.17, 15) is 4.79 Å². The maximum absolute atomic E-state index is 10.2. The Morgan fingerprint density at radius 3 is 2.93 bits per heavy atom. The second-order valence-electron chi connectivity index (χ2n) is 2.81. The number of ether oxygens (including phenoxy) is 1. The maximum Gasteiger partial charge on any atom is 0.295 e. The molecule has 1 heterocycles. The van der Waals surface area contributed by atoms with Crippen molar-refractivity contribution in [2.45, 2.75) is 5.14 Å². The van der Waals surface area contributed by atoms with E-state index in [1.807, 2.05) is 41.1 Å². The van der Waals surface area contributed by atoms with Crippen molar-refractivity contribution in [2.75, 3.05) is 0 Å². The van der Waals surface area contributed by atoms with Crippen LogP contribution in [-0.2, 0) is 9.53 Å². The number of halogens is 1. The van der Waals surface area contributed by atoms with Gasteiger partial charge in [0.1, 0.15) is 0 Å². The van der Waals surface area contributed by atoms with E-state index < -0.39 is 5.14 Å². The van der Waals surface area contributed by atoms with Crippen LogP contribution in [0.5, 0.6) is 0 Å². The van der Waals surface area contributed by atoms with Crippen molar-refractivity contribution in [1.29, 1.82) is 0 Å². The fourth-order valence-electron chi connectivity index (χ4n) is 1.39. The van der Waals surface area contributed by atoms with Crippen LogP contribution >= 0.6 is 15.9 Å². The molecule has 0 saturated heterocycles. The molecule has 0 fully saturated rings. The summed E-state index contributed by atoms with van der Waals surface area (Å²) in [5, 5.41) is 0.673. The first-order chi connectivity index (χ1) is 6.83. The molecular weight excluding hydrogens is 246 g/mol. The number of benzene rings is 1. The van der Waals surface area contributed by atoms with Gasteiger partial charge >= 0.3 is 0 Å². The Hall–Kier alpha value is -1.29. The average molecular weight is 254 g/mol. The number of hydrogen-bond donors (Lipinski definition) is 0. The summed E-state index contributed by atoms with van der Waals surface area (Å²) in [5.74, 6) is 0. The highest BCUT2D eigenvalue weighted by molar-refractivity contribution is 9.09. The van der Waals surface area contributed by atoms with E-state index >= 15 is 0 Å². The highest BCUT2D eigenvalue weighted by atomic mass is 79.9. The third-order valence-corrected chi connectivity index (χ3v) is 2.67. The smallest absolute Gasteiger partial charge is 0.295 e. The molecule has 2 aromatic rings. The van der Waals surface area contributed by atoms with Crippen LogP contribution in [0.2, 0.25) is 0 Å². The van der Waals surface area contributed by atoms with Gasteiger partial charge in [0.2, 0.25) is 5.14 Å². The molecule has 1 aromatic heterocycles. The summed E-state index contributed by atoms with van der Waals surface area (Å²) >= 11 is 3.26. The lowest BCUT2D eigenvalue weighted by Crippen LogP contribution is -2.03. The van der Waals surface area contributed by atoms with Crippen LogP contribution in [0.15, 0.2) is 36.5 Å². The van der Waals surface area contributed by atoms with Gasteiger partial charge in [-0.25, -0.2) is 0 Å². The third-order valence-electron chi connectivity index (χ3n) is 2.02. The van der Waals surface area contributed by atoms with Crippen LogP contribution in [0.25, 0.3) is 10.9 Å². The minimum atomic E-state index is -0.445. The average Bonchev–Trinajstić information content (AvgIpc) is 2.61. The fourth-order valence-corrected chi connectivity index (χ4v) is 1.84. The number of para-hydroxylation sites is 1. The Balaban J connectivity index is 2.47. The lowest BCUT2D eigenvalue weighted by Gasteiger charge is -2.10. The summed E-state index contributed by atoms with van der Waals surface area (Å²) in [5.41, 5.74) is 1.02. The number of hydrogen-bond acceptors (Lipinski definition) is 2. The number of rotatable bonds is 3. The quantitative estimate of drug-likeness (QED) is 0.622. The first-order valence-corrected chi connectivity index (χ1v) is 5.03. The van der Waals surface area contributed by atoms with Gasteiger partial charge in [0.15, 0.2) is 0 Å². The van der Waals surface area contributed by atoms with Crippen molar-refractivity contribution in [3.8, 4) is 0 Å². The molecule has 0 aliphatic rings. The first-order valence-electron chi connectivity index (χ1n) is 4.11. The van der Waals surface area contributed by atoms with Gasteiger partial charge in [-0.05, 0) is 33.4 Å². The number of alkyl halides is 1. The summed E-state index contributed by atoms with van der Waals surface area (Å²) in [6.07, 6.45) is 1.87. The van der Waals surface area contributed by atoms with E-state index in [0.717, 1.165) is 10.9 Å². The predicted octanol–water partition coefficient (Wildman–Crippen LogP) is 2.67. The van der Waals surface area contributed by atoms with Crippen molar-refractivity contribution < 1.29 is 9.53 Å². The van der Waals surface area contributed by atoms with Crippen LogP contribution in [0, 0.1) is 0 Å². The predicted molar refractivity (Wildman–Crippen MR) is 57.1 cm³/mol. The summed E-state index contributed by atoms with van der Waals surface area (Å²) in [4.78, 5) is 10.2. The van der Waals surface area contributed by atoms with E-state index in [4.69, 9.17) is 4.74 Å². The fraction of sp³-hybridized carbons (Fsp3) is 0.100. The molecule has 3 nitrogen and oxygen atoms in total. The van der Waals surface area contributed by atoms with E-state index in [0.29, 0.717) is 6.47 Å². The minimum Gasteiger partial charge on any atom is -0.433 e. The molecule has 0 aliphatic carbocycles. The molecule has 14 heavy (non-hydrogen) atoms. The molecule has 4 heteroatoms. The third kappa shape index (κ3) is 1.53. The molecule has 2 rings (SSSR count). The Labute approximate surface area is 89.4 Å². The number of nitrogens with zero attached hydrogens (tertiary/aromatic N) is 1. The summed E-state index contributed by atoms with van der Waals surface area (Å²) in [7, 11) is 0. The van der Waals surface area contributed by atoms with Gasteiger partial charge in [0.05, 0.1) is 5.52 Å². The van der Waals surface area contributed by atoms with Crippen molar-refractivity contribution in [3.63, 3.8) is 0 Å². The maximum atomic E-state index is 10.2. The molecule has 0 spiro atoms. The van der Waals surface area contributed by atoms with E-state index in [1.165, 1.54) is 0 Å². The summed E-state index contributed by atoms with van der Waals surface area (Å²) in [6, 6.07) is 9.86. The van der Waals surface area contributed by atoms with Crippen molar-refractivity contribution >= 4 is 33.3 Å². The monoisotopic (exact) mass is 253 g/mol. The summed E-state index contributed by atoms with van der Waals surface area (Å²) in [6.45, 7) is 0.425. The highest BCUT2D eigenvalue weighted by Crippen LogP contribution is 2.23. The Bertz CT molecular complexity index is 452. The van der Waals surface area contributed by atoms with Gasteiger partial charge < -0.3 is 9.30 Å². The normalized spacial score (nSPS) is 12.6. The molecule has 1 unspecified atom stereocenters. The molecule has 0 bridgehead atoms. The molecule has 0 aliphatic heterocycles. The molecule has 0 saturated carbocycles. The van der Waals surface area contributed by atoms with Crippen LogP contribution in [-0.4, -0.2) is 11.0 Å². The highest BCUT2D eigenvalue weighted by Gasteiger charge is 2.08. The molecule has 0 amide bonds.